The summed E-state index contributed by atoms with van der Waals surface area (Å²) in [6, 6.07) is 9.89. The lowest BCUT2D eigenvalue weighted by atomic mass is 10.2. The van der Waals surface area contributed by atoms with Gasteiger partial charge in [0.05, 0.1) is 17.2 Å². The van der Waals surface area contributed by atoms with Gasteiger partial charge in [-0.1, -0.05) is 24.9 Å². The monoisotopic (exact) mass is 401 g/mol. The van der Waals surface area contributed by atoms with Crippen molar-refractivity contribution in [3.8, 4) is 11.5 Å². The van der Waals surface area contributed by atoms with Gasteiger partial charge >= 0.3 is 6.18 Å². The van der Waals surface area contributed by atoms with E-state index in [0.717, 1.165) is 25.0 Å². The third kappa shape index (κ3) is 6.67. The molecular formula is C19H19ClF3NO3. The van der Waals surface area contributed by atoms with Gasteiger partial charge in [-0.2, -0.15) is 13.2 Å². The third-order valence-corrected chi connectivity index (χ3v) is 3.85. The van der Waals surface area contributed by atoms with Gasteiger partial charge in [0, 0.05) is 5.69 Å². The molecule has 2 aromatic carbocycles. The molecule has 2 aromatic rings. The molecule has 146 valence electrons. The van der Waals surface area contributed by atoms with E-state index < -0.39 is 22.7 Å². The number of anilines is 1. The highest BCUT2D eigenvalue weighted by Crippen LogP contribution is 2.36. The molecule has 1 amide bonds. The van der Waals surface area contributed by atoms with E-state index in [9.17, 15) is 18.0 Å². The zero-order valence-corrected chi connectivity index (χ0v) is 15.4. The van der Waals surface area contributed by atoms with E-state index in [1.165, 1.54) is 6.07 Å². The van der Waals surface area contributed by atoms with Gasteiger partial charge < -0.3 is 14.8 Å². The Hall–Kier alpha value is -2.41. The first-order valence-electron chi connectivity index (χ1n) is 8.32. The molecule has 27 heavy (non-hydrogen) atoms. The zero-order chi connectivity index (χ0) is 19.9. The molecule has 0 saturated carbocycles. The van der Waals surface area contributed by atoms with Gasteiger partial charge in [-0.05, 0) is 48.9 Å². The quantitative estimate of drug-likeness (QED) is 0.589. The lowest BCUT2D eigenvalue weighted by Gasteiger charge is -2.12. The number of carbonyl (C=O) groups is 1. The fourth-order valence-electron chi connectivity index (χ4n) is 2.13. The average molecular weight is 402 g/mol. The number of alkyl halides is 3. The maximum atomic E-state index is 12.8. The van der Waals surface area contributed by atoms with Crippen molar-refractivity contribution in [2.75, 3.05) is 18.5 Å². The van der Waals surface area contributed by atoms with Crippen LogP contribution in [0.25, 0.3) is 0 Å². The number of ether oxygens (including phenoxy) is 2. The maximum Gasteiger partial charge on any atom is 0.417 e. The lowest BCUT2D eigenvalue weighted by Crippen LogP contribution is -2.20. The predicted octanol–water partition coefficient (Wildman–Crippen LogP) is 5.56. The van der Waals surface area contributed by atoms with Crippen LogP contribution in [0.5, 0.6) is 11.5 Å². The topological polar surface area (TPSA) is 47.6 Å². The number of unbranched alkanes of at least 4 members (excludes halogenated alkanes) is 1. The molecule has 0 aliphatic carbocycles. The second-order valence-corrected chi connectivity index (χ2v) is 6.11. The first-order valence-corrected chi connectivity index (χ1v) is 8.69. The summed E-state index contributed by atoms with van der Waals surface area (Å²) < 4.78 is 49.3. The van der Waals surface area contributed by atoms with E-state index in [2.05, 4.69) is 12.2 Å². The first-order chi connectivity index (χ1) is 12.8. The Bertz CT molecular complexity index is 764. The third-order valence-electron chi connectivity index (χ3n) is 3.52. The van der Waals surface area contributed by atoms with Crippen molar-refractivity contribution in [2.45, 2.75) is 25.9 Å². The van der Waals surface area contributed by atoms with Gasteiger partial charge in [-0.15, -0.1) is 0 Å². The summed E-state index contributed by atoms with van der Waals surface area (Å²) in [4.78, 5) is 11.9. The molecular weight excluding hydrogens is 383 g/mol. The number of benzene rings is 2. The molecule has 1 N–H and O–H groups in total. The summed E-state index contributed by atoms with van der Waals surface area (Å²) in [5.74, 6) is 0.551. The van der Waals surface area contributed by atoms with E-state index in [-0.39, 0.29) is 12.3 Å². The SMILES string of the molecule is CCCCOc1ccc(OCC(=O)Nc2ccc(Cl)c(C(F)(F)F)c2)cc1. The van der Waals surface area contributed by atoms with Crippen molar-refractivity contribution in [2.24, 2.45) is 0 Å². The fourth-order valence-corrected chi connectivity index (χ4v) is 2.36. The Kier molecular flexibility index (Phi) is 7.36. The number of halogens is 4. The van der Waals surface area contributed by atoms with E-state index in [0.29, 0.717) is 18.1 Å². The fraction of sp³-hybridized carbons (Fsp3) is 0.316. The number of rotatable bonds is 8. The Balaban J connectivity index is 1.87. The number of nitrogens with one attached hydrogen (secondary N) is 1. The highest BCUT2D eigenvalue weighted by Gasteiger charge is 2.33. The Morgan fingerprint density at radius 1 is 1.07 bits per heavy atom. The van der Waals surface area contributed by atoms with Crippen LogP contribution in [0.15, 0.2) is 42.5 Å². The molecule has 8 heteroatoms. The van der Waals surface area contributed by atoms with Crippen LogP contribution in [0.2, 0.25) is 5.02 Å². The molecule has 0 saturated heterocycles. The van der Waals surface area contributed by atoms with Crippen LogP contribution in [0.3, 0.4) is 0 Å². The minimum absolute atomic E-state index is 0.0139. The van der Waals surface area contributed by atoms with Gasteiger partial charge in [-0.3, -0.25) is 4.79 Å². The molecule has 0 bridgehead atoms. The van der Waals surface area contributed by atoms with Crippen molar-refractivity contribution in [3.05, 3.63) is 53.1 Å². The molecule has 0 fully saturated rings. The molecule has 2 rings (SSSR count). The summed E-state index contributed by atoms with van der Waals surface area (Å²) in [5.41, 5.74) is -1.03. The normalized spacial score (nSPS) is 11.1. The minimum Gasteiger partial charge on any atom is -0.494 e. The largest absolute Gasteiger partial charge is 0.494 e. The van der Waals surface area contributed by atoms with E-state index in [4.69, 9.17) is 21.1 Å². The van der Waals surface area contributed by atoms with Crippen LogP contribution in [-0.4, -0.2) is 19.1 Å². The van der Waals surface area contributed by atoms with Gasteiger partial charge in [0.1, 0.15) is 11.5 Å². The van der Waals surface area contributed by atoms with Crippen molar-refractivity contribution >= 4 is 23.2 Å². The molecule has 0 unspecified atom stereocenters. The van der Waals surface area contributed by atoms with Crippen LogP contribution in [-0.2, 0) is 11.0 Å². The Morgan fingerprint density at radius 3 is 2.30 bits per heavy atom. The molecule has 0 atom stereocenters. The summed E-state index contributed by atoms with van der Waals surface area (Å²) >= 11 is 5.54. The maximum absolute atomic E-state index is 12.8. The average Bonchev–Trinajstić information content (AvgIpc) is 2.62. The molecule has 0 aromatic heterocycles. The highest BCUT2D eigenvalue weighted by atomic mass is 35.5. The summed E-state index contributed by atoms with van der Waals surface area (Å²) in [5, 5.41) is 1.92. The van der Waals surface area contributed by atoms with Crippen molar-refractivity contribution in [1.29, 1.82) is 0 Å². The molecule has 0 radical (unpaired) electrons. The molecule has 0 spiro atoms. The number of hydrogen-bond acceptors (Lipinski definition) is 3. The van der Waals surface area contributed by atoms with Gasteiger partial charge in [0.15, 0.2) is 6.61 Å². The Morgan fingerprint density at radius 2 is 1.70 bits per heavy atom. The first kappa shape index (κ1) is 20.9. The molecule has 4 nitrogen and oxygen atoms in total. The smallest absolute Gasteiger partial charge is 0.417 e. The number of amides is 1. The highest BCUT2D eigenvalue weighted by molar-refractivity contribution is 6.31. The molecule has 0 aliphatic rings. The van der Waals surface area contributed by atoms with Crippen LogP contribution >= 0.6 is 11.6 Å². The van der Waals surface area contributed by atoms with Crippen molar-refractivity contribution < 1.29 is 27.4 Å². The second-order valence-electron chi connectivity index (χ2n) is 5.70. The summed E-state index contributed by atoms with van der Waals surface area (Å²) in [6.07, 6.45) is -2.61. The molecule has 0 aliphatic heterocycles. The van der Waals surface area contributed by atoms with E-state index >= 15 is 0 Å². The number of hydrogen-bond donors (Lipinski definition) is 1. The lowest BCUT2D eigenvalue weighted by molar-refractivity contribution is -0.137. The van der Waals surface area contributed by atoms with Gasteiger partial charge in [0.25, 0.3) is 5.91 Å². The van der Waals surface area contributed by atoms with Crippen molar-refractivity contribution in [1.82, 2.24) is 0 Å². The second kappa shape index (κ2) is 9.50. The van der Waals surface area contributed by atoms with Gasteiger partial charge in [-0.25, -0.2) is 0 Å². The molecule has 0 heterocycles. The Labute approximate surface area is 160 Å². The predicted molar refractivity (Wildman–Crippen MR) is 97.4 cm³/mol. The van der Waals surface area contributed by atoms with Crippen LogP contribution in [0.4, 0.5) is 18.9 Å². The van der Waals surface area contributed by atoms with Crippen LogP contribution < -0.4 is 14.8 Å². The van der Waals surface area contributed by atoms with Crippen molar-refractivity contribution in [3.63, 3.8) is 0 Å². The summed E-state index contributed by atoms with van der Waals surface area (Å²) in [7, 11) is 0. The standard InChI is InChI=1S/C19H19ClF3NO3/c1-2-3-10-26-14-5-7-15(8-6-14)27-12-18(25)24-13-4-9-17(20)16(11-13)19(21,22)23/h4-9,11H,2-3,10,12H2,1H3,(H,24,25). The van der Waals surface area contributed by atoms with Crippen LogP contribution in [0, 0.1) is 0 Å². The number of carbonyl (C=O) groups excluding carboxylic acids is 1. The van der Waals surface area contributed by atoms with E-state index in [1.54, 1.807) is 24.3 Å². The zero-order valence-electron chi connectivity index (χ0n) is 14.6. The minimum atomic E-state index is -4.60. The van der Waals surface area contributed by atoms with Gasteiger partial charge in [0.2, 0.25) is 0 Å². The summed E-state index contributed by atoms with van der Waals surface area (Å²) in [6.45, 7) is 2.35. The van der Waals surface area contributed by atoms with Crippen LogP contribution in [0.1, 0.15) is 25.3 Å². The van der Waals surface area contributed by atoms with E-state index in [1.807, 2.05) is 0 Å².